The summed E-state index contributed by atoms with van der Waals surface area (Å²) >= 11 is 0. The molecule has 6 rings (SSSR count). The molecule has 1 saturated carbocycles. The van der Waals surface area contributed by atoms with Crippen LogP contribution in [0.5, 0.6) is 0 Å². The molecule has 0 spiro atoms. The lowest BCUT2D eigenvalue weighted by molar-refractivity contribution is -0.129. The molecule has 0 atom stereocenters. The van der Waals surface area contributed by atoms with Gasteiger partial charge in [0.2, 0.25) is 5.91 Å². The van der Waals surface area contributed by atoms with Gasteiger partial charge in [-0.15, -0.1) is 0 Å². The molecule has 4 aromatic rings. The van der Waals surface area contributed by atoms with Crippen molar-refractivity contribution in [1.29, 1.82) is 0 Å². The van der Waals surface area contributed by atoms with Crippen LogP contribution in [-0.4, -0.2) is 49.9 Å². The van der Waals surface area contributed by atoms with Crippen LogP contribution < -0.4 is 10.6 Å². The van der Waals surface area contributed by atoms with E-state index in [1.54, 1.807) is 31.5 Å². The van der Waals surface area contributed by atoms with Gasteiger partial charge >= 0.3 is 0 Å². The third kappa shape index (κ3) is 5.42. The van der Waals surface area contributed by atoms with Gasteiger partial charge in [-0.2, -0.15) is 0 Å². The van der Waals surface area contributed by atoms with E-state index in [9.17, 15) is 13.6 Å². The maximum absolute atomic E-state index is 14.2. The number of fused-ring (bicyclic) bond motifs is 1. The zero-order chi connectivity index (χ0) is 26.9. The number of amides is 1. The number of aromatic nitrogens is 4. The Balaban J connectivity index is 1.32. The summed E-state index contributed by atoms with van der Waals surface area (Å²) in [5.74, 6) is -0.0523. The van der Waals surface area contributed by atoms with Crippen LogP contribution in [-0.2, 0) is 11.3 Å². The molecule has 1 saturated heterocycles. The van der Waals surface area contributed by atoms with Crippen molar-refractivity contribution in [3.8, 4) is 11.4 Å². The first kappa shape index (κ1) is 25.2. The van der Waals surface area contributed by atoms with Gasteiger partial charge < -0.3 is 15.5 Å². The number of nitrogens with zero attached hydrogens (tertiary/aromatic N) is 5. The van der Waals surface area contributed by atoms with E-state index in [2.05, 4.69) is 20.6 Å². The molecule has 4 heterocycles. The Morgan fingerprint density at radius 1 is 1.05 bits per heavy atom. The molecule has 0 radical (unpaired) electrons. The van der Waals surface area contributed by atoms with Gasteiger partial charge in [0.05, 0.1) is 17.4 Å². The smallest absolute Gasteiger partial charge is 0.219 e. The number of carbonyl (C=O) groups is 1. The Morgan fingerprint density at radius 2 is 1.82 bits per heavy atom. The molecule has 200 valence electrons. The van der Waals surface area contributed by atoms with Crippen LogP contribution in [0.4, 0.5) is 20.3 Å². The van der Waals surface area contributed by atoms with E-state index in [0.29, 0.717) is 23.9 Å². The van der Waals surface area contributed by atoms with E-state index >= 15 is 0 Å². The molecule has 2 N–H and O–H groups in total. The van der Waals surface area contributed by atoms with Gasteiger partial charge in [0.25, 0.3) is 0 Å². The highest BCUT2D eigenvalue weighted by molar-refractivity contribution is 5.86. The van der Waals surface area contributed by atoms with Crippen LogP contribution in [0.25, 0.3) is 22.3 Å². The number of hydrogen-bond donors (Lipinski definition) is 2. The Labute approximate surface area is 224 Å². The fourth-order valence-electron chi connectivity index (χ4n) is 5.17. The number of anilines is 2. The van der Waals surface area contributed by atoms with Gasteiger partial charge in [0.15, 0.2) is 5.82 Å². The van der Waals surface area contributed by atoms with Gasteiger partial charge in [0, 0.05) is 55.9 Å². The van der Waals surface area contributed by atoms with Crippen molar-refractivity contribution in [2.24, 2.45) is 0 Å². The lowest BCUT2D eigenvalue weighted by Gasteiger charge is -2.31. The Morgan fingerprint density at radius 3 is 2.54 bits per heavy atom. The average Bonchev–Trinajstić information content (AvgIpc) is 3.79. The van der Waals surface area contributed by atoms with E-state index in [-0.39, 0.29) is 23.5 Å². The van der Waals surface area contributed by atoms with Crippen molar-refractivity contribution in [3.05, 3.63) is 71.8 Å². The molecule has 1 aliphatic heterocycles. The summed E-state index contributed by atoms with van der Waals surface area (Å²) in [6.07, 6.45) is 9.28. The number of likely N-dealkylation sites (tertiary alicyclic amines) is 1. The lowest BCUT2D eigenvalue weighted by Crippen LogP contribution is -2.44. The predicted molar refractivity (Wildman–Crippen MR) is 144 cm³/mol. The van der Waals surface area contributed by atoms with Crippen LogP contribution in [0, 0.1) is 11.6 Å². The molecular weight excluding hydrogens is 500 g/mol. The van der Waals surface area contributed by atoms with E-state index < -0.39 is 11.6 Å². The van der Waals surface area contributed by atoms with E-state index in [1.165, 1.54) is 23.8 Å². The molecular formula is C29H29F2N7O. The molecule has 1 amide bonds. The second-order valence-electron chi connectivity index (χ2n) is 10.2. The van der Waals surface area contributed by atoms with Gasteiger partial charge in [-0.25, -0.2) is 23.7 Å². The van der Waals surface area contributed by atoms with Gasteiger partial charge in [0.1, 0.15) is 23.1 Å². The summed E-state index contributed by atoms with van der Waals surface area (Å²) < 4.78 is 28.4. The highest BCUT2D eigenvalue weighted by Gasteiger charge is 2.28. The van der Waals surface area contributed by atoms with Gasteiger partial charge in [-0.05, 0) is 61.4 Å². The zero-order valence-corrected chi connectivity index (χ0v) is 21.6. The molecule has 3 aromatic heterocycles. The molecule has 1 aromatic carbocycles. The molecule has 2 aliphatic rings. The molecule has 8 nitrogen and oxygen atoms in total. The second-order valence-corrected chi connectivity index (χ2v) is 10.2. The predicted octanol–water partition coefficient (Wildman–Crippen LogP) is 5.09. The third-order valence-electron chi connectivity index (χ3n) is 7.46. The number of pyridine rings is 2. The average molecular weight is 530 g/mol. The Hall–Kier alpha value is -4.05. The number of para-hydroxylation sites is 1. The molecule has 0 bridgehead atoms. The summed E-state index contributed by atoms with van der Waals surface area (Å²) in [6.45, 7) is 3.66. The minimum absolute atomic E-state index is 0.116. The highest BCUT2D eigenvalue weighted by atomic mass is 19.1. The van der Waals surface area contributed by atoms with Crippen molar-refractivity contribution < 1.29 is 13.6 Å². The topological polar surface area (TPSA) is 95.9 Å². The number of piperidine rings is 1. The fourth-order valence-corrected chi connectivity index (χ4v) is 5.17. The van der Waals surface area contributed by atoms with Gasteiger partial charge in [-0.1, -0.05) is 6.07 Å². The third-order valence-corrected chi connectivity index (χ3v) is 7.46. The number of carbonyl (C=O) groups excluding carboxylic acids is 1. The number of hydrogen-bond acceptors (Lipinski definition) is 7. The summed E-state index contributed by atoms with van der Waals surface area (Å²) in [6, 6.07) is 7.43. The lowest BCUT2D eigenvalue weighted by atomic mass is 10.0. The number of halogens is 2. The fraction of sp³-hybridized carbons (Fsp3) is 0.345. The quantitative estimate of drug-likeness (QED) is 0.344. The first-order valence-electron chi connectivity index (χ1n) is 13.3. The molecule has 1 aliphatic carbocycles. The summed E-state index contributed by atoms with van der Waals surface area (Å²) in [7, 11) is 0. The van der Waals surface area contributed by atoms with Gasteiger partial charge in [-0.3, -0.25) is 9.78 Å². The van der Waals surface area contributed by atoms with E-state index in [0.717, 1.165) is 55.4 Å². The molecule has 39 heavy (non-hydrogen) atoms. The maximum atomic E-state index is 14.2. The highest BCUT2D eigenvalue weighted by Crippen LogP contribution is 2.43. The van der Waals surface area contributed by atoms with Crippen molar-refractivity contribution >= 4 is 28.3 Å². The molecule has 2 fully saturated rings. The summed E-state index contributed by atoms with van der Waals surface area (Å²) in [5.41, 5.74) is 3.23. The largest absolute Gasteiger partial charge is 0.343 e. The first-order chi connectivity index (χ1) is 19.0. The number of nitrogens with one attached hydrogen (secondary N) is 2. The zero-order valence-electron chi connectivity index (χ0n) is 21.6. The van der Waals surface area contributed by atoms with Crippen LogP contribution in [0.15, 0.2) is 48.9 Å². The van der Waals surface area contributed by atoms with Crippen molar-refractivity contribution in [2.45, 2.75) is 51.1 Å². The maximum Gasteiger partial charge on any atom is 0.219 e. The van der Waals surface area contributed by atoms with Crippen molar-refractivity contribution in [2.75, 3.05) is 18.4 Å². The number of benzene rings is 1. The van der Waals surface area contributed by atoms with Crippen LogP contribution in [0.1, 0.15) is 49.8 Å². The van der Waals surface area contributed by atoms with Crippen molar-refractivity contribution in [1.82, 2.24) is 30.2 Å². The van der Waals surface area contributed by atoms with Crippen LogP contribution in [0.2, 0.25) is 0 Å². The van der Waals surface area contributed by atoms with E-state index in [1.807, 2.05) is 11.1 Å². The van der Waals surface area contributed by atoms with Crippen LogP contribution >= 0.6 is 0 Å². The standard InChI is InChI=1S/C29H29F2N7O/c1-17(39)38-11-8-20(9-12-38)34-16-25-27-21(18-5-6-18)14-32-15-24(27)35-29(36-25)19-7-10-33-26(13-19)37-28-22(30)3-2-4-23(28)31/h2-4,7,10,13-15,18,20,34H,5-6,8-9,11-12,16H2,1H3,(H,33,37). The van der Waals surface area contributed by atoms with E-state index in [4.69, 9.17) is 9.97 Å². The first-order valence-corrected chi connectivity index (χ1v) is 13.3. The Kier molecular flexibility index (Phi) is 6.86. The molecule has 10 heteroatoms. The summed E-state index contributed by atoms with van der Waals surface area (Å²) in [5, 5.41) is 7.43. The monoisotopic (exact) mass is 529 g/mol. The normalized spacial score (nSPS) is 16.0. The number of rotatable bonds is 7. The second kappa shape index (κ2) is 10.6. The van der Waals surface area contributed by atoms with Crippen molar-refractivity contribution in [3.63, 3.8) is 0 Å². The Bertz CT molecular complexity index is 1510. The SMILES string of the molecule is CC(=O)N1CCC(NCc2nc(-c3ccnc(Nc4c(F)cccc4F)c3)nc3cncc(C4CC4)c23)CC1. The minimum atomic E-state index is -0.703. The molecule has 0 unspecified atom stereocenters. The van der Waals surface area contributed by atoms with Crippen LogP contribution in [0.3, 0.4) is 0 Å². The summed E-state index contributed by atoms with van der Waals surface area (Å²) in [4.78, 5) is 32.1. The minimum Gasteiger partial charge on any atom is -0.343 e.